The molecule has 3 aromatic rings. The maximum atomic E-state index is 12.8. The number of rotatable bonds is 10. The Morgan fingerprint density at radius 3 is 1.97 bits per heavy atom. The van der Waals surface area contributed by atoms with Gasteiger partial charge in [0.1, 0.15) is 11.5 Å². The first-order valence-corrected chi connectivity index (χ1v) is 11.0. The highest BCUT2D eigenvalue weighted by molar-refractivity contribution is 6.04. The largest absolute Gasteiger partial charge is 0.495 e. The molecule has 0 aliphatic carbocycles. The number of nitrogen functional groups attached to an aromatic ring is 1. The number of nitrogens with two attached hydrogens (primary N) is 1. The van der Waals surface area contributed by atoms with Crippen LogP contribution in [0.5, 0.6) is 28.7 Å². The Labute approximate surface area is 210 Å². The van der Waals surface area contributed by atoms with E-state index in [1.165, 1.54) is 6.08 Å². The summed E-state index contributed by atoms with van der Waals surface area (Å²) < 4.78 is 27.0. The molecule has 0 aromatic heterocycles. The van der Waals surface area contributed by atoms with Crippen molar-refractivity contribution in [2.24, 2.45) is 0 Å². The van der Waals surface area contributed by atoms with Crippen LogP contribution in [0.3, 0.4) is 0 Å². The van der Waals surface area contributed by atoms with Crippen LogP contribution in [0.15, 0.2) is 54.6 Å². The minimum atomic E-state index is -0.322. The van der Waals surface area contributed by atoms with Crippen LogP contribution in [-0.2, 0) is 4.79 Å². The average molecular weight is 491 g/mol. The van der Waals surface area contributed by atoms with E-state index in [1.54, 1.807) is 65.9 Å². The number of methoxy groups -OCH3 is 5. The SMILES string of the molecule is COc1cc(/C=C/C(=O)Nc2c(/C=C/c3cc(OC)c(OC)c(OC)c3)cccc2OC)ccc1N. The molecule has 0 fully saturated rings. The molecule has 0 radical (unpaired) electrons. The fourth-order valence-electron chi connectivity index (χ4n) is 3.54. The highest BCUT2D eigenvalue weighted by Gasteiger charge is 2.13. The van der Waals surface area contributed by atoms with Gasteiger partial charge in [0.05, 0.1) is 46.9 Å². The summed E-state index contributed by atoms with van der Waals surface area (Å²) in [6.45, 7) is 0. The smallest absolute Gasteiger partial charge is 0.248 e. The van der Waals surface area contributed by atoms with Crippen molar-refractivity contribution < 1.29 is 28.5 Å². The number of hydrogen-bond donors (Lipinski definition) is 2. The van der Waals surface area contributed by atoms with Gasteiger partial charge in [-0.25, -0.2) is 0 Å². The lowest BCUT2D eigenvalue weighted by Crippen LogP contribution is -2.10. The lowest BCUT2D eigenvalue weighted by Gasteiger charge is -2.13. The van der Waals surface area contributed by atoms with Gasteiger partial charge in [0.2, 0.25) is 11.7 Å². The van der Waals surface area contributed by atoms with E-state index < -0.39 is 0 Å². The van der Waals surface area contributed by atoms with Gasteiger partial charge in [-0.15, -0.1) is 0 Å². The van der Waals surface area contributed by atoms with Crippen molar-refractivity contribution in [1.29, 1.82) is 0 Å². The van der Waals surface area contributed by atoms with Crippen LogP contribution in [0.1, 0.15) is 16.7 Å². The van der Waals surface area contributed by atoms with Crippen LogP contribution >= 0.6 is 0 Å². The molecular formula is C28H30N2O6. The monoisotopic (exact) mass is 490 g/mol. The summed E-state index contributed by atoms with van der Waals surface area (Å²) in [4.78, 5) is 12.8. The van der Waals surface area contributed by atoms with Crippen molar-refractivity contribution in [3.63, 3.8) is 0 Å². The second-order valence-corrected chi connectivity index (χ2v) is 7.54. The zero-order valence-electron chi connectivity index (χ0n) is 21.0. The molecule has 0 atom stereocenters. The van der Waals surface area contributed by atoms with E-state index in [-0.39, 0.29) is 5.91 Å². The Hall–Kier alpha value is -4.59. The normalized spacial score (nSPS) is 10.9. The molecule has 0 heterocycles. The molecular weight excluding hydrogens is 460 g/mol. The molecule has 3 aromatic carbocycles. The highest BCUT2D eigenvalue weighted by atomic mass is 16.5. The van der Waals surface area contributed by atoms with Gasteiger partial charge in [0.25, 0.3) is 0 Å². The number of para-hydroxylation sites is 1. The summed E-state index contributed by atoms with van der Waals surface area (Å²) in [5.74, 6) is 2.34. The molecule has 0 aliphatic heterocycles. The predicted octanol–water partition coefficient (Wildman–Crippen LogP) is 5.13. The van der Waals surface area contributed by atoms with Crippen LogP contribution in [0.4, 0.5) is 11.4 Å². The molecule has 0 unspecified atom stereocenters. The standard InChI is InChI=1S/C28H30N2O6/c1-32-22-8-6-7-20(12-9-19-16-24(34-3)28(36-5)25(17-19)35-4)27(22)30-26(31)14-11-18-10-13-21(29)23(15-18)33-2/h6-17H,29H2,1-5H3,(H,30,31)/b12-9+,14-11+. The lowest BCUT2D eigenvalue weighted by atomic mass is 10.1. The topological polar surface area (TPSA) is 101 Å². The van der Waals surface area contributed by atoms with Gasteiger partial charge in [-0.2, -0.15) is 0 Å². The number of nitrogens with one attached hydrogen (secondary N) is 1. The van der Waals surface area contributed by atoms with E-state index >= 15 is 0 Å². The average Bonchev–Trinajstić information content (AvgIpc) is 2.91. The molecule has 36 heavy (non-hydrogen) atoms. The van der Waals surface area contributed by atoms with Crippen molar-refractivity contribution in [2.75, 3.05) is 46.6 Å². The Kier molecular flexibility index (Phi) is 8.83. The van der Waals surface area contributed by atoms with E-state index in [0.29, 0.717) is 40.1 Å². The Bertz CT molecular complexity index is 1260. The number of ether oxygens (including phenoxy) is 5. The number of benzene rings is 3. The Morgan fingerprint density at radius 2 is 1.36 bits per heavy atom. The van der Waals surface area contributed by atoms with E-state index in [1.807, 2.05) is 36.4 Å². The van der Waals surface area contributed by atoms with Gasteiger partial charge in [0, 0.05) is 11.6 Å². The maximum Gasteiger partial charge on any atom is 0.248 e. The van der Waals surface area contributed by atoms with E-state index in [0.717, 1.165) is 16.7 Å². The second kappa shape index (κ2) is 12.2. The first-order chi connectivity index (χ1) is 17.4. The number of anilines is 2. The van der Waals surface area contributed by atoms with Crippen LogP contribution in [-0.4, -0.2) is 41.5 Å². The summed E-state index contributed by atoms with van der Waals surface area (Å²) in [6, 6.07) is 14.5. The first-order valence-electron chi connectivity index (χ1n) is 11.0. The lowest BCUT2D eigenvalue weighted by molar-refractivity contribution is -0.111. The van der Waals surface area contributed by atoms with Crippen LogP contribution in [0, 0.1) is 0 Å². The van der Waals surface area contributed by atoms with Crippen molar-refractivity contribution >= 4 is 35.5 Å². The third-order valence-electron chi connectivity index (χ3n) is 5.35. The first kappa shape index (κ1) is 26.0. The minimum absolute atomic E-state index is 0.322. The summed E-state index contributed by atoms with van der Waals surface area (Å²) in [5.41, 5.74) is 9.26. The van der Waals surface area contributed by atoms with Crippen molar-refractivity contribution in [2.45, 2.75) is 0 Å². The minimum Gasteiger partial charge on any atom is -0.495 e. The zero-order chi connectivity index (χ0) is 26.1. The summed E-state index contributed by atoms with van der Waals surface area (Å²) in [7, 11) is 7.77. The van der Waals surface area contributed by atoms with Gasteiger partial charge in [-0.3, -0.25) is 4.79 Å². The molecule has 0 spiro atoms. The highest BCUT2D eigenvalue weighted by Crippen LogP contribution is 2.39. The van der Waals surface area contributed by atoms with Gasteiger partial charge in [0.15, 0.2) is 11.5 Å². The molecule has 1 amide bonds. The molecule has 8 nitrogen and oxygen atoms in total. The quantitative estimate of drug-likeness (QED) is 0.231. The van der Waals surface area contributed by atoms with E-state index in [4.69, 9.17) is 29.4 Å². The van der Waals surface area contributed by atoms with Crippen molar-refractivity contribution in [3.05, 3.63) is 71.3 Å². The van der Waals surface area contributed by atoms with Gasteiger partial charge in [-0.1, -0.05) is 30.4 Å². The summed E-state index contributed by atoms with van der Waals surface area (Å²) in [5, 5.41) is 2.91. The zero-order valence-corrected chi connectivity index (χ0v) is 21.0. The molecule has 3 rings (SSSR count). The van der Waals surface area contributed by atoms with Gasteiger partial charge in [-0.05, 0) is 47.5 Å². The molecule has 0 bridgehead atoms. The number of carbonyl (C=O) groups excluding carboxylic acids is 1. The second-order valence-electron chi connectivity index (χ2n) is 7.54. The van der Waals surface area contributed by atoms with Crippen LogP contribution < -0.4 is 34.7 Å². The van der Waals surface area contributed by atoms with Crippen LogP contribution in [0.2, 0.25) is 0 Å². The molecule has 0 saturated carbocycles. The fraction of sp³-hybridized carbons (Fsp3) is 0.179. The van der Waals surface area contributed by atoms with Gasteiger partial charge < -0.3 is 34.7 Å². The number of hydrogen-bond acceptors (Lipinski definition) is 7. The number of carbonyl (C=O) groups is 1. The number of amides is 1. The molecule has 8 heteroatoms. The van der Waals surface area contributed by atoms with Gasteiger partial charge >= 0.3 is 0 Å². The molecule has 3 N–H and O–H groups in total. The fourth-order valence-corrected chi connectivity index (χ4v) is 3.54. The summed E-state index contributed by atoms with van der Waals surface area (Å²) in [6.07, 6.45) is 6.86. The molecule has 0 saturated heterocycles. The Balaban J connectivity index is 1.88. The molecule has 0 aliphatic rings. The summed E-state index contributed by atoms with van der Waals surface area (Å²) >= 11 is 0. The van der Waals surface area contributed by atoms with E-state index in [9.17, 15) is 4.79 Å². The van der Waals surface area contributed by atoms with Crippen molar-refractivity contribution in [1.82, 2.24) is 0 Å². The molecule has 188 valence electrons. The predicted molar refractivity (Wildman–Crippen MR) is 143 cm³/mol. The van der Waals surface area contributed by atoms with Crippen LogP contribution in [0.25, 0.3) is 18.2 Å². The third kappa shape index (κ3) is 6.09. The van der Waals surface area contributed by atoms with E-state index in [2.05, 4.69) is 5.32 Å². The maximum absolute atomic E-state index is 12.8. The Morgan fingerprint density at radius 1 is 0.722 bits per heavy atom. The third-order valence-corrected chi connectivity index (χ3v) is 5.35. The van der Waals surface area contributed by atoms with Crippen molar-refractivity contribution in [3.8, 4) is 28.7 Å².